The monoisotopic (exact) mass is 405 g/mol. The topological polar surface area (TPSA) is 72.5 Å². The Labute approximate surface area is 178 Å². The number of carbonyl (C=O) groups is 1. The van der Waals surface area contributed by atoms with Crippen molar-refractivity contribution in [2.45, 2.75) is 110 Å². The lowest BCUT2D eigenvalue weighted by molar-refractivity contribution is 0.0494. The third-order valence-electron chi connectivity index (χ3n) is 5.52. The van der Waals surface area contributed by atoms with Crippen molar-refractivity contribution in [3.8, 4) is 5.75 Å². The molecule has 0 aliphatic heterocycles. The van der Waals surface area contributed by atoms with Gasteiger partial charge < -0.3 is 15.6 Å². The minimum Gasteiger partial charge on any atom is -0.505 e. The Morgan fingerprint density at radius 1 is 0.793 bits per heavy atom. The number of para-hydroxylation sites is 1. The second kappa shape index (κ2) is 17.2. The molecule has 0 spiro atoms. The number of unbranched alkanes of at least 4 members (excludes halogenated alkanes) is 15. The molecule has 0 amide bonds. The maximum absolute atomic E-state index is 11.9. The van der Waals surface area contributed by atoms with Crippen molar-refractivity contribution in [1.82, 2.24) is 0 Å². The first-order valence-electron chi connectivity index (χ1n) is 11.9. The number of nitrogen functional groups attached to an aromatic ring is 1. The van der Waals surface area contributed by atoms with Gasteiger partial charge in [0.05, 0.1) is 12.3 Å². The van der Waals surface area contributed by atoms with Gasteiger partial charge in [0.15, 0.2) is 5.75 Å². The molecule has 4 nitrogen and oxygen atoms in total. The van der Waals surface area contributed by atoms with E-state index in [1.807, 2.05) is 0 Å². The fourth-order valence-corrected chi connectivity index (χ4v) is 3.62. The van der Waals surface area contributed by atoms with Crippen molar-refractivity contribution in [3.63, 3.8) is 0 Å². The van der Waals surface area contributed by atoms with Gasteiger partial charge in [-0.15, -0.1) is 0 Å². The number of rotatable bonds is 18. The predicted molar refractivity (Wildman–Crippen MR) is 122 cm³/mol. The number of hydrogen-bond donors (Lipinski definition) is 2. The number of anilines is 1. The lowest BCUT2D eigenvalue weighted by Gasteiger charge is -2.07. The number of esters is 1. The van der Waals surface area contributed by atoms with Crippen molar-refractivity contribution in [2.24, 2.45) is 0 Å². The molecule has 4 heteroatoms. The SMILES string of the molecule is CCCCCCCCCCCCCCCCCCOC(=O)c1cccc(N)c1O. The van der Waals surface area contributed by atoms with Crippen LogP contribution in [-0.4, -0.2) is 17.7 Å². The van der Waals surface area contributed by atoms with Crippen LogP contribution in [0.1, 0.15) is 120 Å². The number of phenolic OH excluding ortho intramolecular Hbond substituents is 1. The Kier molecular flexibility index (Phi) is 15.0. The van der Waals surface area contributed by atoms with Crippen LogP contribution in [0.2, 0.25) is 0 Å². The molecule has 0 bridgehead atoms. The van der Waals surface area contributed by atoms with E-state index in [1.54, 1.807) is 12.1 Å². The molecule has 1 rings (SSSR count). The summed E-state index contributed by atoms with van der Waals surface area (Å²) in [6.45, 7) is 2.67. The van der Waals surface area contributed by atoms with Gasteiger partial charge in [-0.3, -0.25) is 0 Å². The molecule has 29 heavy (non-hydrogen) atoms. The highest BCUT2D eigenvalue weighted by atomic mass is 16.5. The molecule has 0 radical (unpaired) electrons. The van der Waals surface area contributed by atoms with E-state index in [4.69, 9.17) is 10.5 Å². The molecule has 166 valence electrons. The molecule has 0 fully saturated rings. The van der Waals surface area contributed by atoms with Crippen LogP contribution in [0.5, 0.6) is 5.75 Å². The standard InChI is InChI=1S/C25H43NO3/c1-2-3-4-5-6-7-8-9-10-11-12-13-14-15-16-17-21-29-25(28)22-19-18-20-23(26)24(22)27/h18-20,27H,2-17,21,26H2,1H3. The van der Waals surface area contributed by atoms with Crippen LogP contribution in [0.25, 0.3) is 0 Å². The highest BCUT2D eigenvalue weighted by molar-refractivity contribution is 5.94. The first-order chi connectivity index (χ1) is 14.2. The maximum Gasteiger partial charge on any atom is 0.341 e. The highest BCUT2D eigenvalue weighted by Gasteiger charge is 2.13. The fraction of sp³-hybridized carbons (Fsp3) is 0.720. The number of hydrogen-bond acceptors (Lipinski definition) is 4. The van der Waals surface area contributed by atoms with Crippen molar-refractivity contribution in [2.75, 3.05) is 12.3 Å². The minimum absolute atomic E-state index is 0.140. The predicted octanol–water partition coefficient (Wildman–Crippen LogP) is 7.39. The summed E-state index contributed by atoms with van der Waals surface area (Å²) >= 11 is 0. The van der Waals surface area contributed by atoms with Gasteiger partial charge in [0.25, 0.3) is 0 Å². The van der Waals surface area contributed by atoms with E-state index >= 15 is 0 Å². The molecule has 3 N–H and O–H groups in total. The Hall–Kier alpha value is -1.71. The molecular formula is C25H43NO3. The van der Waals surface area contributed by atoms with Crippen LogP contribution in [0.3, 0.4) is 0 Å². The van der Waals surface area contributed by atoms with Gasteiger partial charge in [-0.2, -0.15) is 0 Å². The van der Waals surface area contributed by atoms with Gasteiger partial charge in [0.1, 0.15) is 5.56 Å². The van der Waals surface area contributed by atoms with E-state index in [2.05, 4.69) is 6.92 Å². The summed E-state index contributed by atoms with van der Waals surface area (Å²) in [6, 6.07) is 4.73. The smallest absolute Gasteiger partial charge is 0.341 e. The van der Waals surface area contributed by atoms with Crippen molar-refractivity contribution in [3.05, 3.63) is 23.8 Å². The van der Waals surface area contributed by atoms with Crippen LogP contribution >= 0.6 is 0 Å². The van der Waals surface area contributed by atoms with Crippen LogP contribution in [0.4, 0.5) is 5.69 Å². The van der Waals surface area contributed by atoms with Gasteiger partial charge in [-0.05, 0) is 18.6 Å². The summed E-state index contributed by atoms with van der Waals surface area (Å²) < 4.78 is 5.23. The normalized spacial score (nSPS) is 10.9. The van der Waals surface area contributed by atoms with E-state index < -0.39 is 5.97 Å². The molecule has 0 saturated carbocycles. The second-order valence-electron chi connectivity index (χ2n) is 8.18. The number of phenols is 1. The highest BCUT2D eigenvalue weighted by Crippen LogP contribution is 2.25. The van der Waals surface area contributed by atoms with Crippen molar-refractivity contribution >= 4 is 11.7 Å². The van der Waals surface area contributed by atoms with Gasteiger partial charge in [-0.1, -0.05) is 109 Å². The summed E-state index contributed by atoms with van der Waals surface area (Å²) in [7, 11) is 0. The lowest BCUT2D eigenvalue weighted by Crippen LogP contribution is -2.07. The summed E-state index contributed by atoms with van der Waals surface area (Å²) in [5.74, 6) is -0.694. The van der Waals surface area contributed by atoms with E-state index in [-0.39, 0.29) is 17.0 Å². The number of nitrogens with two attached hydrogens (primary N) is 1. The van der Waals surface area contributed by atoms with E-state index in [9.17, 15) is 9.90 Å². The van der Waals surface area contributed by atoms with E-state index in [1.165, 1.54) is 96.0 Å². The third-order valence-corrected chi connectivity index (χ3v) is 5.52. The summed E-state index contributed by atoms with van der Waals surface area (Å²) in [4.78, 5) is 11.9. The summed E-state index contributed by atoms with van der Waals surface area (Å²) in [6.07, 6.45) is 21.1. The zero-order valence-electron chi connectivity index (χ0n) is 18.6. The van der Waals surface area contributed by atoms with E-state index in [0.29, 0.717) is 6.61 Å². The minimum atomic E-state index is -0.504. The molecule has 0 aromatic heterocycles. The Morgan fingerprint density at radius 2 is 1.24 bits per heavy atom. The van der Waals surface area contributed by atoms with Crippen LogP contribution < -0.4 is 5.73 Å². The van der Waals surface area contributed by atoms with Crippen molar-refractivity contribution < 1.29 is 14.6 Å². The first kappa shape index (κ1) is 25.3. The van der Waals surface area contributed by atoms with Crippen LogP contribution in [0, 0.1) is 0 Å². The molecular weight excluding hydrogens is 362 g/mol. The Morgan fingerprint density at radius 3 is 1.72 bits per heavy atom. The molecule has 0 aliphatic carbocycles. The van der Waals surface area contributed by atoms with Gasteiger partial charge in [0, 0.05) is 0 Å². The Bertz CT molecular complexity index is 545. The molecule has 0 saturated heterocycles. The van der Waals surface area contributed by atoms with Gasteiger partial charge >= 0.3 is 5.97 Å². The molecule has 0 unspecified atom stereocenters. The largest absolute Gasteiger partial charge is 0.505 e. The maximum atomic E-state index is 11.9. The lowest BCUT2D eigenvalue weighted by atomic mass is 10.0. The van der Waals surface area contributed by atoms with E-state index in [0.717, 1.165) is 12.8 Å². The molecule has 0 heterocycles. The third kappa shape index (κ3) is 12.5. The number of ether oxygens (including phenoxy) is 1. The molecule has 1 aromatic rings. The average molecular weight is 406 g/mol. The second-order valence-corrected chi connectivity index (χ2v) is 8.18. The zero-order valence-corrected chi connectivity index (χ0v) is 18.6. The molecule has 0 atom stereocenters. The molecule has 0 aliphatic rings. The quantitative estimate of drug-likeness (QED) is 0.115. The van der Waals surface area contributed by atoms with Crippen LogP contribution in [-0.2, 0) is 4.74 Å². The van der Waals surface area contributed by atoms with Gasteiger partial charge in [-0.25, -0.2) is 4.79 Å². The van der Waals surface area contributed by atoms with Crippen molar-refractivity contribution in [1.29, 1.82) is 0 Å². The molecule has 1 aromatic carbocycles. The van der Waals surface area contributed by atoms with Gasteiger partial charge in [0.2, 0.25) is 0 Å². The number of aromatic hydroxyl groups is 1. The first-order valence-corrected chi connectivity index (χ1v) is 11.9. The number of benzene rings is 1. The summed E-state index contributed by atoms with van der Waals surface area (Å²) in [5, 5.41) is 9.79. The van der Waals surface area contributed by atoms with Crippen LogP contribution in [0.15, 0.2) is 18.2 Å². The zero-order chi connectivity index (χ0) is 21.2. The average Bonchev–Trinajstić information content (AvgIpc) is 2.72. The fourth-order valence-electron chi connectivity index (χ4n) is 3.62. The Balaban J connectivity index is 1.84. The summed E-state index contributed by atoms with van der Waals surface area (Å²) in [5.41, 5.74) is 5.93. The number of carbonyl (C=O) groups excluding carboxylic acids is 1.